The predicted octanol–water partition coefficient (Wildman–Crippen LogP) is 1.32. The van der Waals surface area contributed by atoms with Crippen LogP contribution in [-0.4, -0.2) is 17.9 Å². The van der Waals surface area contributed by atoms with Gasteiger partial charge in [-0.05, 0) is 23.7 Å². The van der Waals surface area contributed by atoms with Crippen LogP contribution in [0.1, 0.15) is 10.4 Å². The highest BCUT2D eigenvalue weighted by molar-refractivity contribution is 6.62. The molecule has 2 N–H and O–H groups in total. The summed E-state index contributed by atoms with van der Waals surface area (Å²) in [6.07, 6.45) is 0. The first-order valence-electron chi connectivity index (χ1n) is 3.97. The molecule has 0 spiro atoms. The van der Waals surface area contributed by atoms with E-state index in [9.17, 15) is 9.59 Å². The lowest BCUT2D eigenvalue weighted by molar-refractivity contribution is 0.0952. The van der Waals surface area contributed by atoms with E-state index in [1.807, 2.05) is 6.07 Å². The molecule has 1 rings (SSSR count). The molecule has 0 saturated carbocycles. The summed E-state index contributed by atoms with van der Waals surface area (Å²) in [5, 5.41) is 4.02. The fourth-order valence-corrected chi connectivity index (χ4v) is 0.952. The summed E-state index contributed by atoms with van der Waals surface area (Å²) in [4.78, 5) is 21.6. The molecule has 0 radical (unpaired) electrons. The number of hydrogen-bond acceptors (Lipinski definition) is 2. The molecule has 0 aliphatic carbocycles. The van der Waals surface area contributed by atoms with Gasteiger partial charge in [0.15, 0.2) is 0 Å². The lowest BCUT2D eigenvalue weighted by Crippen LogP contribution is -2.34. The van der Waals surface area contributed by atoms with Gasteiger partial charge < -0.3 is 10.6 Å². The highest BCUT2D eigenvalue weighted by atomic mass is 35.5. The van der Waals surface area contributed by atoms with Gasteiger partial charge in [0.05, 0.1) is 6.67 Å². The third-order valence-corrected chi connectivity index (χ3v) is 1.65. The number of benzene rings is 1. The Labute approximate surface area is 86.3 Å². The fraction of sp³-hybridized carbons (Fsp3) is 0.111. The van der Waals surface area contributed by atoms with Gasteiger partial charge in [-0.1, -0.05) is 18.2 Å². The van der Waals surface area contributed by atoms with Crippen LogP contribution < -0.4 is 10.6 Å². The highest BCUT2D eigenvalue weighted by Gasteiger charge is 2.02. The second-order valence-corrected chi connectivity index (χ2v) is 2.84. The lowest BCUT2D eigenvalue weighted by Gasteiger charge is -2.04. The summed E-state index contributed by atoms with van der Waals surface area (Å²) in [5.74, 6) is -0.254. The Morgan fingerprint density at radius 3 is 2.36 bits per heavy atom. The van der Waals surface area contributed by atoms with E-state index < -0.39 is 5.37 Å². The van der Waals surface area contributed by atoms with Crippen LogP contribution in [0.3, 0.4) is 0 Å². The van der Waals surface area contributed by atoms with Crippen LogP contribution >= 0.6 is 11.6 Å². The van der Waals surface area contributed by atoms with Crippen molar-refractivity contribution in [3.63, 3.8) is 0 Å². The van der Waals surface area contributed by atoms with Crippen molar-refractivity contribution in [3.05, 3.63) is 35.9 Å². The Morgan fingerprint density at radius 2 is 1.79 bits per heavy atom. The molecule has 0 bridgehead atoms. The standard InChI is InChI=1S/C9H9ClN2O2/c10-9(14)12-6-11-8(13)7-4-2-1-3-5-7/h1-5H,6H2,(H,11,13)(H,12,14). The Bertz CT molecular complexity index is 327. The number of nitrogens with one attached hydrogen (secondary N) is 2. The molecule has 1 aromatic carbocycles. The van der Waals surface area contributed by atoms with E-state index in [-0.39, 0.29) is 12.6 Å². The maximum absolute atomic E-state index is 11.3. The molecule has 0 heterocycles. The quantitative estimate of drug-likeness (QED) is 0.451. The normalized spacial score (nSPS) is 9.21. The molecule has 0 aromatic heterocycles. The van der Waals surface area contributed by atoms with Gasteiger partial charge >= 0.3 is 5.37 Å². The minimum atomic E-state index is -0.696. The van der Waals surface area contributed by atoms with Gasteiger partial charge in [0.25, 0.3) is 5.91 Å². The maximum atomic E-state index is 11.3. The zero-order valence-corrected chi connectivity index (χ0v) is 8.04. The van der Waals surface area contributed by atoms with Crippen LogP contribution in [0, 0.1) is 0 Å². The second kappa shape index (κ2) is 5.24. The van der Waals surface area contributed by atoms with E-state index in [1.165, 1.54) is 0 Å². The van der Waals surface area contributed by atoms with Gasteiger partial charge in [0.2, 0.25) is 0 Å². The number of carbonyl (C=O) groups is 2. The first-order chi connectivity index (χ1) is 6.70. The van der Waals surface area contributed by atoms with Crippen LogP contribution in [0.2, 0.25) is 0 Å². The van der Waals surface area contributed by atoms with Crippen LogP contribution in [-0.2, 0) is 0 Å². The second-order valence-electron chi connectivity index (χ2n) is 2.50. The molecular formula is C9H9ClN2O2. The number of carbonyl (C=O) groups excluding carboxylic acids is 2. The predicted molar refractivity (Wildman–Crippen MR) is 53.2 cm³/mol. The Balaban J connectivity index is 2.40. The Kier molecular flexibility index (Phi) is 3.94. The Morgan fingerprint density at radius 1 is 1.14 bits per heavy atom. The molecule has 0 unspecified atom stereocenters. The molecule has 1 aromatic rings. The van der Waals surface area contributed by atoms with Gasteiger partial charge in [-0.15, -0.1) is 0 Å². The van der Waals surface area contributed by atoms with E-state index in [0.717, 1.165) is 0 Å². The molecule has 2 amide bonds. The smallest absolute Gasteiger partial charge is 0.315 e. The molecule has 0 aliphatic rings. The van der Waals surface area contributed by atoms with E-state index >= 15 is 0 Å². The monoisotopic (exact) mass is 212 g/mol. The topological polar surface area (TPSA) is 58.2 Å². The molecule has 5 heteroatoms. The molecule has 0 fully saturated rings. The van der Waals surface area contributed by atoms with Gasteiger partial charge in [-0.3, -0.25) is 9.59 Å². The molecule has 74 valence electrons. The summed E-state index contributed by atoms with van der Waals surface area (Å²) in [6.45, 7) is 0.0239. The third-order valence-electron chi connectivity index (χ3n) is 1.51. The number of rotatable bonds is 3. The van der Waals surface area contributed by atoms with Crippen molar-refractivity contribution in [1.82, 2.24) is 10.6 Å². The molecule has 4 nitrogen and oxygen atoms in total. The number of halogens is 1. The molecule has 0 saturated heterocycles. The Hall–Kier alpha value is -1.55. The fourth-order valence-electron chi connectivity index (χ4n) is 0.886. The van der Waals surface area contributed by atoms with Crippen LogP contribution in [0.15, 0.2) is 30.3 Å². The first-order valence-corrected chi connectivity index (χ1v) is 4.34. The highest BCUT2D eigenvalue weighted by Crippen LogP contribution is 1.96. The maximum Gasteiger partial charge on any atom is 0.315 e. The molecule has 14 heavy (non-hydrogen) atoms. The van der Waals surface area contributed by atoms with Crippen molar-refractivity contribution in [2.24, 2.45) is 0 Å². The summed E-state index contributed by atoms with van der Waals surface area (Å²) >= 11 is 5.01. The van der Waals surface area contributed by atoms with Crippen LogP contribution in [0.5, 0.6) is 0 Å². The van der Waals surface area contributed by atoms with Crippen molar-refractivity contribution >= 4 is 22.9 Å². The number of amides is 2. The van der Waals surface area contributed by atoms with Crippen molar-refractivity contribution in [1.29, 1.82) is 0 Å². The van der Waals surface area contributed by atoms with Crippen molar-refractivity contribution < 1.29 is 9.59 Å². The van der Waals surface area contributed by atoms with Gasteiger partial charge in [0, 0.05) is 5.56 Å². The molecular weight excluding hydrogens is 204 g/mol. The SMILES string of the molecule is O=C(Cl)NCNC(=O)c1ccccc1. The zero-order chi connectivity index (χ0) is 10.4. The third kappa shape index (κ3) is 3.45. The van der Waals surface area contributed by atoms with Crippen molar-refractivity contribution in [2.75, 3.05) is 6.67 Å². The van der Waals surface area contributed by atoms with Crippen molar-refractivity contribution in [3.8, 4) is 0 Å². The minimum absolute atomic E-state index is 0.0239. The summed E-state index contributed by atoms with van der Waals surface area (Å²) in [7, 11) is 0. The lowest BCUT2D eigenvalue weighted by atomic mass is 10.2. The van der Waals surface area contributed by atoms with E-state index in [4.69, 9.17) is 11.6 Å². The summed E-state index contributed by atoms with van der Waals surface area (Å²) in [6, 6.07) is 8.69. The van der Waals surface area contributed by atoms with Crippen LogP contribution in [0.4, 0.5) is 4.79 Å². The first kappa shape index (κ1) is 10.5. The summed E-state index contributed by atoms with van der Waals surface area (Å²) in [5.41, 5.74) is 0.538. The largest absolute Gasteiger partial charge is 0.335 e. The minimum Gasteiger partial charge on any atom is -0.335 e. The van der Waals surface area contributed by atoms with E-state index in [2.05, 4.69) is 10.6 Å². The van der Waals surface area contributed by atoms with Crippen molar-refractivity contribution in [2.45, 2.75) is 0 Å². The van der Waals surface area contributed by atoms with Crippen LogP contribution in [0.25, 0.3) is 0 Å². The zero-order valence-electron chi connectivity index (χ0n) is 7.29. The van der Waals surface area contributed by atoms with Gasteiger partial charge in [0.1, 0.15) is 0 Å². The average Bonchev–Trinajstić information content (AvgIpc) is 2.18. The van der Waals surface area contributed by atoms with E-state index in [1.54, 1.807) is 24.3 Å². The number of hydrogen-bond donors (Lipinski definition) is 2. The average molecular weight is 213 g/mol. The van der Waals surface area contributed by atoms with Gasteiger partial charge in [-0.25, -0.2) is 0 Å². The molecule has 0 atom stereocenters. The molecule has 0 aliphatic heterocycles. The summed E-state index contributed by atoms with van der Waals surface area (Å²) < 4.78 is 0. The van der Waals surface area contributed by atoms with Gasteiger partial charge in [-0.2, -0.15) is 0 Å². The van der Waals surface area contributed by atoms with E-state index in [0.29, 0.717) is 5.56 Å².